The topological polar surface area (TPSA) is 79.3 Å². The van der Waals surface area contributed by atoms with Gasteiger partial charge in [-0.2, -0.15) is 0 Å². The Morgan fingerprint density at radius 3 is 2.42 bits per heavy atom. The van der Waals surface area contributed by atoms with Gasteiger partial charge in [0.05, 0.1) is 11.9 Å². The molecule has 3 aromatic heterocycles. The molecule has 33 heavy (non-hydrogen) atoms. The third kappa shape index (κ3) is 5.39. The molecule has 0 unspecified atom stereocenters. The number of piperazine rings is 1. The molecule has 170 valence electrons. The van der Waals surface area contributed by atoms with Crippen molar-refractivity contribution in [1.29, 1.82) is 0 Å². The predicted octanol–water partition coefficient (Wildman–Crippen LogP) is 3.47. The highest BCUT2D eigenvalue weighted by atomic mass is 19.1. The maximum absolute atomic E-state index is 14.6. The van der Waals surface area contributed by atoms with Crippen LogP contribution in [-0.4, -0.2) is 57.7 Å². The fourth-order valence-electron chi connectivity index (χ4n) is 3.92. The Morgan fingerprint density at radius 1 is 1.00 bits per heavy atom. The van der Waals surface area contributed by atoms with Crippen LogP contribution in [0.1, 0.15) is 35.1 Å². The number of ketones is 1. The zero-order valence-corrected chi connectivity index (χ0v) is 18.8. The molecule has 3 aromatic rings. The highest BCUT2D eigenvalue weighted by Gasteiger charge is 2.19. The van der Waals surface area contributed by atoms with Gasteiger partial charge in [-0.05, 0) is 49.2 Å². The molecule has 0 aliphatic carbocycles. The lowest BCUT2D eigenvalue weighted by molar-refractivity contribution is -0.129. The minimum atomic E-state index is -0.419. The number of carbonyl (C=O) groups excluding carboxylic acids is 2. The molecule has 0 N–H and O–H groups in total. The third-order valence-corrected chi connectivity index (χ3v) is 5.83. The maximum atomic E-state index is 14.6. The quantitative estimate of drug-likeness (QED) is 0.539. The van der Waals surface area contributed by atoms with Crippen LogP contribution in [0.15, 0.2) is 48.9 Å². The first kappa shape index (κ1) is 22.5. The van der Waals surface area contributed by atoms with Crippen LogP contribution in [0.3, 0.4) is 0 Å². The number of hydrogen-bond acceptors (Lipinski definition) is 6. The lowest BCUT2D eigenvalue weighted by atomic mass is 10.1. The van der Waals surface area contributed by atoms with E-state index in [9.17, 15) is 14.0 Å². The van der Waals surface area contributed by atoms with E-state index in [1.165, 1.54) is 6.07 Å². The Morgan fingerprint density at radius 2 is 1.79 bits per heavy atom. The van der Waals surface area contributed by atoms with Crippen molar-refractivity contribution in [3.8, 4) is 11.3 Å². The minimum absolute atomic E-state index is 0.0888. The summed E-state index contributed by atoms with van der Waals surface area (Å²) < 4.78 is 14.6. The number of rotatable bonds is 6. The fourth-order valence-corrected chi connectivity index (χ4v) is 3.92. The first-order valence-corrected chi connectivity index (χ1v) is 11.0. The van der Waals surface area contributed by atoms with Crippen LogP contribution in [0.25, 0.3) is 11.3 Å². The molecule has 0 spiro atoms. The zero-order chi connectivity index (χ0) is 23.4. The number of carbonyl (C=O) groups is 2. The molecule has 0 saturated carbocycles. The highest BCUT2D eigenvalue weighted by molar-refractivity contribution is 5.94. The number of Topliss-reactive ketones (excluding diaryl/α,β-unsaturated/α-hetero) is 1. The van der Waals surface area contributed by atoms with Crippen LogP contribution >= 0.6 is 0 Å². The molecule has 4 heterocycles. The Labute approximate surface area is 192 Å². The Hall–Kier alpha value is -3.68. The average Bonchev–Trinajstić information content (AvgIpc) is 2.83. The summed E-state index contributed by atoms with van der Waals surface area (Å²) in [5.41, 5.74) is 3.73. The van der Waals surface area contributed by atoms with Gasteiger partial charge in [0.1, 0.15) is 17.2 Å². The molecular weight excluding hydrogens is 421 g/mol. The van der Waals surface area contributed by atoms with E-state index in [0.29, 0.717) is 36.3 Å². The van der Waals surface area contributed by atoms with Crippen LogP contribution in [0, 0.1) is 12.7 Å². The van der Waals surface area contributed by atoms with Crippen molar-refractivity contribution in [3.05, 3.63) is 71.7 Å². The molecule has 0 aromatic carbocycles. The molecule has 0 atom stereocenters. The summed E-state index contributed by atoms with van der Waals surface area (Å²) in [6.07, 6.45) is 5.54. The molecular formula is C25H26FN5O2. The largest absolute Gasteiger partial charge is 0.367 e. The van der Waals surface area contributed by atoms with E-state index in [2.05, 4.69) is 19.9 Å². The second-order valence-corrected chi connectivity index (χ2v) is 8.18. The highest BCUT2D eigenvalue weighted by Crippen LogP contribution is 2.22. The zero-order valence-electron chi connectivity index (χ0n) is 18.8. The smallest absolute Gasteiger partial charge is 0.219 e. The lowest BCUT2D eigenvalue weighted by Crippen LogP contribution is -2.48. The number of nitrogens with zero attached hydrogens (tertiary/aromatic N) is 5. The van der Waals surface area contributed by atoms with Gasteiger partial charge >= 0.3 is 0 Å². The van der Waals surface area contributed by atoms with Crippen molar-refractivity contribution in [2.24, 2.45) is 0 Å². The van der Waals surface area contributed by atoms with Crippen molar-refractivity contribution in [3.63, 3.8) is 0 Å². The van der Waals surface area contributed by atoms with Crippen LogP contribution < -0.4 is 4.90 Å². The van der Waals surface area contributed by atoms with Crippen molar-refractivity contribution in [1.82, 2.24) is 19.9 Å². The Bertz CT molecular complexity index is 1160. The van der Waals surface area contributed by atoms with Crippen molar-refractivity contribution in [2.45, 2.75) is 26.7 Å². The first-order chi connectivity index (χ1) is 15.9. The summed E-state index contributed by atoms with van der Waals surface area (Å²) in [6.45, 7) is 6.26. The number of amides is 1. The molecule has 1 aliphatic heterocycles. The SMILES string of the molecule is CC(=O)N1CCN(c2ccc(C(=O)CCc3cnc(-c4ccnc(C)c4)c(F)c3)nc2)CC1. The lowest BCUT2D eigenvalue weighted by Gasteiger charge is -2.35. The number of halogens is 1. The molecule has 1 fully saturated rings. The second kappa shape index (κ2) is 9.85. The molecule has 1 saturated heterocycles. The number of aromatic nitrogens is 3. The van der Waals surface area contributed by atoms with Gasteiger partial charge in [0, 0.05) is 63.2 Å². The van der Waals surface area contributed by atoms with Gasteiger partial charge in [0.25, 0.3) is 0 Å². The van der Waals surface area contributed by atoms with E-state index in [1.807, 2.05) is 17.9 Å². The number of anilines is 1. The van der Waals surface area contributed by atoms with Crippen molar-refractivity contribution >= 4 is 17.4 Å². The predicted molar refractivity (Wildman–Crippen MR) is 124 cm³/mol. The van der Waals surface area contributed by atoms with Crippen LogP contribution in [0.2, 0.25) is 0 Å². The van der Waals surface area contributed by atoms with E-state index in [4.69, 9.17) is 0 Å². The number of aryl methyl sites for hydroxylation is 2. The molecule has 1 aliphatic rings. The summed E-state index contributed by atoms with van der Waals surface area (Å²) in [5.74, 6) is -0.430. The molecule has 7 nitrogen and oxygen atoms in total. The van der Waals surface area contributed by atoms with Crippen molar-refractivity contribution in [2.75, 3.05) is 31.1 Å². The first-order valence-electron chi connectivity index (χ1n) is 11.0. The molecule has 0 radical (unpaired) electrons. The normalized spacial score (nSPS) is 13.8. The summed E-state index contributed by atoms with van der Waals surface area (Å²) in [7, 11) is 0. The van der Waals surface area contributed by atoms with Gasteiger partial charge in [-0.15, -0.1) is 0 Å². The minimum Gasteiger partial charge on any atom is -0.367 e. The van der Waals surface area contributed by atoms with Gasteiger partial charge in [0.2, 0.25) is 5.91 Å². The van der Waals surface area contributed by atoms with Crippen LogP contribution in [0.4, 0.5) is 10.1 Å². The maximum Gasteiger partial charge on any atom is 0.219 e. The van der Waals surface area contributed by atoms with E-state index in [1.54, 1.807) is 43.7 Å². The summed E-state index contributed by atoms with van der Waals surface area (Å²) in [5, 5.41) is 0. The van der Waals surface area contributed by atoms with E-state index in [-0.39, 0.29) is 23.8 Å². The number of pyridine rings is 3. The molecule has 1 amide bonds. The van der Waals surface area contributed by atoms with E-state index < -0.39 is 5.82 Å². The molecule has 8 heteroatoms. The average molecular weight is 448 g/mol. The van der Waals surface area contributed by atoms with E-state index in [0.717, 1.165) is 24.5 Å². The summed E-state index contributed by atoms with van der Waals surface area (Å²) in [6, 6.07) is 8.55. The Kier molecular flexibility index (Phi) is 6.72. The summed E-state index contributed by atoms with van der Waals surface area (Å²) in [4.78, 5) is 40.8. The second-order valence-electron chi connectivity index (χ2n) is 8.18. The van der Waals surface area contributed by atoms with Gasteiger partial charge < -0.3 is 9.80 Å². The number of hydrogen-bond donors (Lipinski definition) is 0. The fraction of sp³-hybridized carbons (Fsp3) is 0.320. The standard InChI is InChI=1S/C25H26FN5O2/c1-17-13-20(7-8-27-17)25-22(26)14-19(15-29-25)3-6-24(33)23-5-4-21(16-28-23)31-11-9-30(10-12-31)18(2)32/h4-5,7-8,13-16H,3,6,9-12H2,1-2H3. The Balaban J connectivity index is 1.34. The van der Waals surface area contributed by atoms with Gasteiger partial charge in [-0.25, -0.2) is 4.39 Å². The van der Waals surface area contributed by atoms with Crippen LogP contribution in [0.5, 0.6) is 0 Å². The third-order valence-electron chi connectivity index (χ3n) is 5.83. The molecule has 0 bridgehead atoms. The monoisotopic (exact) mass is 447 g/mol. The van der Waals surface area contributed by atoms with Gasteiger partial charge in [-0.1, -0.05) is 0 Å². The van der Waals surface area contributed by atoms with Gasteiger partial charge in [0.15, 0.2) is 5.78 Å². The van der Waals surface area contributed by atoms with Crippen LogP contribution in [-0.2, 0) is 11.2 Å². The van der Waals surface area contributed by atoms with Crippen molar-refractivity contribution < 1.29 is 14.0 Å². The van der Waals surface area contributed by atoms with Gasteiger partial charge in [-0.3, -0.25) is 24.5 Å². The molecule has 4 rings (SSSR count). The summed E-state index contributed by atoms with van der Waals surface area (Å²) >= 11 is 0. The van der Waals surface area contributed by atoms with E-state index >= 15 is 0 Å².